The van der Waals surface area contributed by atoms with Crippen molar-refractivity contribution in [2.45, 2.75) is 11.3 Å². The summed E-state index contributed by atoms with van der Waals surface area (Å²) in [6, 6.07) is 12.5. The molecule has 0 saturated carbocycles. The number of hydrogen-bond acceptors (Lipinski definition) is 4. The molecule has 0 spiro atoms. The number of Topliss-reactive ketones (excluding diaryl/α,β-unsaturated/α-hetero) is 1. The smallest absolute Gasteiger partial charge is 0.185 e. The lowest BCUT2D eigenvalue weighted by molar-refractivity contribution is -0.120. The molecule has 1 aliphatic heterocycles. The Morgan fingerprint density at radius 3 is 2.62 bits per heavy atom. The van der Waals surface area contributed by atoms with Crippen LogP contribution in [0.2, 0.25) is 0 Å². The summed E-state index contributed by atoms with van der Waals surface area (Å²) in [5, 5.41) is 1.84. The van der Waals surface area contributed by atoms with Crippen LogP contribution in [0.1, 0.15) is 6.42 Å². The third-order valence-corrected chi connectivity index (χ3v) is 5.43. The van der Waals surface area contributed by atoms with Crippen molar-refractivity contribution in [1.82, 2.24) is 0 Å². The highest BCUT2D eigenvalue weighted by Crippen LogP contribution is 2.21. The summed E-state index contributed by atoms with van der Waals surface area (Å²) in [7, 11) is -3.59. The topological polar surface area (TPSA) is 60.4 Å². The van der Waals surface area contributed by atoms with Gasteiger partial charge in [-0.2, -0.15) is 0 Å². The predicted octanol–water partition coefficient (Wildman–Crippen LogP) is 2.22. The lowest BCUT2D eigenvalue weighted by Crippen LogP contribution is -2.24. The van der Waals surface area contributed by atoms with E-state index in [9.17, 15) is 13.2 Å². The van der Waals surface area contributed by atoms with Crippen LogP contribution in [-0.4, -0.2) is 33.2 Å². The molecule has 110 valence electrons. The SMILES string of the molecule is O=C(CS(=O)(=O)c1ccc2ccccc2c1)C1CCOC1. The van der Waals surface area contributed by atoms with Gasteiger partial charge in [0.15, 0.2) is 15.6 Å². The quantitative estimate of drug-likeness (QED) is 0.869. The van der Waals surface area contributed by atoms with E-state index in [1.165, 1.54) is 0 Å². The monoisotopic (exact) mass is 304 g/mol. The van der Waals surface area contributed by atoms with E-state index >= 15 is 0 Å². The first kappa shape index (κ1) is 14.2. The number of fused-ring (bicyclic) bond motifs is 1. The molecule has 21 heavy (non-hydrogen) atoms. The molecule has 0 radical (unpaired) electrons. The molecule has 1 saturated heterocycles. The Labute approximate surface area is 123 Å². The molecule has 0 N–H and O–H groups in total. The van der Waals surface area contributed by atoms with Crippen molar-refractivity contribution in [2.24, 2.45) is 5.92 Å². The Bertz CT molecular complexity index is 774. The van der Waals surface area contributed by atoms with E-state index in [2.05, 4.69) is 0 Å². The Kier molecular flexibility index (Phi) is 3.78. The third kappa shape index (κ3) is 2.99. The zero-order valence-electron chi connectivity index (χ0n) is 11.5. The van der Waals surface area contributed by atoms with Crippen LogP contribution in [0.25, 0.3) is 10.8 Å². The number of ketones is 1. The predicted molar refractivity (Wildman–Crippen MR) is 79.9 cm³/mol. The van der Waals surface area contributed by atoms with E-state index in [0.717, 1.165) is 10.8 Å². The number of carbonyl (C=O) groups is 1. The van der Waals surface area contributed by atoms with Crippen LogP contribution in [-0.2, 0) is 19.4 Å². The van der Waals surface area contributed by atoms with Crippen LogP contribution < -0.4 is 0 Å². The van der Waals surface area contributed by atoms with Gasteiger partial charge in [0.25, 0.3) is 0 Å². The van der Waals surface area contributed by atoms with Crippen molar-refractivity contribution in [3.8, 4) is 0 Å². The van der Waals surface area contributed by atoms with E-state index in [1.54, 1.807) is 18.2 Å². The number of benzene rings is 2. The second-order valence-electron chi connectivity index (χ2n) is 5.29. The van der Waals surface area contributed by atoms with Crippen LogP contribution in [0.4, 0.5) is 0 Å². The van der Waals surface area contributed by atoms with E-state index < -0.39 is 15.6 Å². The first-order chi connectivity index (χ1) is 10.1. The van der Waals surface area contributed by atoms with Gasteiger partial charge in [-0.15, -0.1) is 0 Å². The average Bonchev–Trinajstić information content (AvgIpc) is 3.00. The van der Waals surface area contributed by atoms with E-state index in [4.69, 9.17) is 4.74 Å². The van der Waals surface area contributed by atoms with E-state index in [1.807, 2.05) is 24.3 Å². The zero-order valence-corrected chi connectivity index (χ0v) is 12.3. The molecule has 1 heterocycles. The number of hydrogen-bond donors (Lipinski definition) is 0. The fourth-order valence-corrected chi connectivity index (χ4v) is 3.90. The molecule has 1 aliphatic rings. The number of rotatable bonds is 4. The molecule has 1 unspecified atom stereocenters. The van der Waals surface area contributed by atoms with E-state index in [0.29, 0.717) is 19.6 Å². The molecule has 0 bridgehead atoms. The second-order valence-corrected chi connectivity index (χ2v) is 7.28. The molecule has 4 nitrogen and oxygen atoms in total. The zero-order chi connectivity index (χ0) is 14.9. The van der Waals surface area contributed by atoms with Crippen molar-refractivity contribution in [2.75, 3.05) is 19.0 Å². The van der Waals surface area contributed by atoms with Crippen molar-refractivity contribution >= 4 is 26.4 Å². The Balaban J connectivity index is 1.87. The first-order valence-electron chi connectivity index (χ1n) is 6.88. The highest BCUT2D eigenvalue weighted by molar-refractivity contribution is 7.92. The first-order valence-corrected chi connectivity index (χ1v) is 8.53. The fraction of sp³-hybridized carbons (Fsp3) is 0.312. The number of ether oxygens (including phenoxy) is 1. The van der Waals surface area contributed by atoms with Gasteiger partial charge < -0.3 is 4.74 Å². The van der Waals surface area contributed by atoms with Crippen LogP contribution in [0.15, 0.2) is 47.4 Å². The molecular weight excluding hydrogens is 288 g/mol. The summed E-state index contributed by atoms with van der Waals surface area (Å²) in [5.41, 5.74) is 0. The minimum atomic E-state index is -3.59. The third-order valence-electron chi connectivity index (χ3n) is 3.80. The maximum Gasteiger partial charge on any atom is 0.185 e. The summed E-state index contributed by atoms with van der Waals surface area (Å²) < 4.78 is 29.9. The van der Waals surface area contributed by atoms with Gasteiger partial charge in [0, 0.05) is 12.5 Å². The van der Waals surface area contributed by atoms with Crippen molar-refractivity contribution in [3.63, 3.8) is 0 Å². The van der Waals surface area contributed by atoms with Gasteiger partial charge in [0.2, 0.25) is 0 Å². The maximum absolute atomic E-state index is 12.4. The summed E-state index contributed by atoms with van der Waals surface area (Å²) in [6.07, 6.45) is 0.617. The minimum Gasteiger partial charge on any atom is -0.381 e. The number of sulfone groups is 1. The Morgan fingerprint density at radius 2 is 1.90 bits per heavy atom. The van der Waals surface area contributed by atoms with Gasteiger partial charge in [-0.3, -0.25) is 4.79 Å². The molecule has 0 aromatic heterocycles. The molecule has 1 fully saturated rings. The van der Waals surface area contributed by atoms with Gasteiger partial charge in [-0.1, -0.05) is 30.3 Å². The van der Waals surface area contributed by atoms with Gasteiger partial charge in [0.1, 0.15) is 5.75 Å². The Hall–Kier alpha value is -1.72. The lowest BCUT2D eigenvalue weighted by atomic mass is 10.1. The highest BCUT2D eigenvalue weighted by atomic mass is 32.2. The molecule has 1 atom stereocenters. The van der Waals surface area contributed by atoms with Crippen LogP contribution >= 0.6 is 0 Å². The van der Waals surface area contributed by atoms with Gasteiger partial charge >= 0.3 is 0 Å². The summed E-state index contributed by atoms with van der Waals surface area (Å²) in [6.45, 7) is 0.874. The van der Waals surface area contributed by atoms with Crippen molar-refractivity contribution in [1.29, 1.82) is 0 Å². The second kappa shape index (κ2) is 5.58. The largest absolute Gasteiger partial charge is 0.381 e. The van der Waals surface area contributed by atoms with E-state index in [-0.39, 0.29) is 16.6 Å². The summed E-state index contributed by atoms with van der Waals surface area (Å²) in [4.78, 5) is 12.2. The molecular formula is C16H16O4S. The van der Waals surface area contributed by atoms with Gasteiger partial charge in [-0.25, -0.2) is 8.42 Å². The van der Waals surface area contributed by atoms with Crippen LogP contribution in [0.3, 0.4) is 0 Å². The molecule has 5 heteroatoms. The van der Waals surface area contributed by atoms with Crippen molar-refractivity contribution < 1.29 is 17.9 Å². The standard InChI is InChI=1S/C16H16O4S/c17-16(14-7-8-20-10-14)11-21(18,19)15-6-5-12-3-1-2-4-13(12)9-15/h1-6,9,14H,7-8,10-11H2. The average molecular weight is 304 g/mol. The lowest BCUT2D eigenvalue weighted by Gasteiger charge is -2.08. The van der Waals surface area contributed by atoms with Crippen LogP contribution in [0, 0.1) is 5.92 Å². The van der Waals surface area contributed by atoms with Crippen molar-refractivity contribution in [3.05, 3.63) is 42.5 Å². The molecule has 0 amide bonds. The Morgan fingerprint density at radius 1 is 1.14 bits per heavy atom. The molecule has 2 aromatic rings. The minimum absolute atomic E-state index is 0.202. The molecule has 3 rings (SSSR count). The number of carbonyl (C=O) groups excluding carboxylic acids is 1. The van der Waals surface area contributed by atoms with Gasteiger partial charge in [-0.05, 0) is 29.3 Å². The summed E-state index contributed by atoms with van der Waals surface area (Å²) in [5.74, 6) is -0.972. The molecule has 0 aliphatic carbocycles. The maximum atomic E-state index is 12.4. The fourth-order valence-electron chi connectivity index (χ4n) is 2.54. The summed E-state index contributed by atoms with van der Waals surface area (Å²) >= 11 is 0. The highest BCUT2D eigenvalue weighted by Gasteiger charge is 2.28. The van der Waals surface area contributed by atoms with Crippen LogP contribution in [0.5, 0.6) is 0 Å². The molecule has 2 aromatic carbocycles. The normalized spacial score (nSPS) is 19.0. The van der Waals surface area contributed by atoms with Gasteiger partial charge in [0.05, 0.1) is 11.5 Å².